The van der Waals surface area contributed by atoms with Crippen molar-refractivity contribution in [1.29, 1.82) is 0 Å². The van der Waals surface area contributed by atoms with Gasteiger partial charge in [0.15, 0.2) is 5.82 Å². The van der Waals surface area contributed by atoms with Crippen LogP contribution in [0.1, 0.15) is 25.7 Å². The fraction of sp³-hybridized carbons (Fsp3) is 0.286. The molecule has 2 aliphatic heterocycles. The summed E-state index contributed by atoms with van der Waals surface area (Å²) >= 11 is 9.25. The average Bonchev–Trinajstić information content (AvgIpc) is 3.57. The minimum Gasteiger partial charge on any atom is -0.491 e. The third-order valence-corrected chi connectivity index (χ3v) is 8.03. The van der Waals surface area contributed by atoms with Gasteiger partial charge in [0.25, 0.3) is 0 Å². The molecule has 0 saturated heterocycles. The van der Waals surface area contributed by atoms with Crippen molar-refractivity contribution in [2.45, 2.75) is 39.9 Å². The Morgan fingerprint density at radius 2 is 1.38 bits per heavy atom. The van der Waals surface area contributed by atoms with E-state index in [4.69, 9.17) is 14.5 Å². The van der Waals surface area contributed by atoms with Crippen molar-refractivity contribution >= 4 is 54.5 Å². The molecule has 12 heteroatoms. The summed E-state index contributed by atoms with van der Waals surface area (Å²) in [4.78, 5) is 14.0. The number of rotatable bonds is 2. The Bertz CT molecular complexity index is 1710. The zero-order chi connectivity index (χ0) is 28.0. The molecule has 5 heterocycles. The van der Waals surface area contributed by atoms with E-state index in [-0.39, 0.29) is 6.04 Å². The molecular formula is C28H26Br2IN7O2. The van der Waals surface area contributed by atoms with Gasteiger partial charge in [-0.2, -0.15) is 5.10 Å². The SMILES string of the molecule is Brc1ccc2c(c1)-c1nc(I)cn1CCO2.Cc1nc(-c2cn3c(n2)-c2cc(Br)ccc2OCC3)n(C(C)C)n1. The van der Waals surface area contributed by atoms with Gasteiger partial charge in [0.1, 0.15) is 51.6 Å². The first-order chi connectivity index (χ1) is 19.3. The summed E-state index contributed by atoms with van der Waals surface area (Å²) in [5.41, 5.74) is 2.88. The van der Waals surface area contributed by atoms with E-state index in [1.165, 1.54) is 0 Å². The number of fused-ring (bicyclic) bond motifs is 6. The highest BCUT2D eigenvalue weighted by Crippen LogP contribution is 2.36. The second kappa shape index (κ2) is 11.3. The molecule has 40 heavy (non-hydrogen) atoms. The number of halogens is 3. The Kier molecular flexibility index (Phi) is 7.75. The van der Waals surface area contributed by atoms with Crippen LogP contribution in [0.2, 0.25) is 0 Å². The smallest absolute Gasteiger partial charge is 0.178 e. The lowest BCUT2D eigenvalue weighted by atomic mass is 10.2. The van der Waals surface area contributed by atoms with Crippen LogP contribution < -0.4 is 9.47 Å². The van der Waals surface area contributed by atoms with E-state index < -0.39 is 0 Å². The standard InChI is InChI=1S/C17H18BrN5O.C11H8BrIN2O/c1-10(2)23-17(19-11(3)21-23)14-9-22-6-7-24-15-5-4-12(18)8-13(15)16(22)20-14;12-7-1-2-9-8(5-7)11-14-10(13)6-15(11)3-4-16-9/h4-5,8-10H,6-7H2,1-3H3;1-2,5-6H,3-4H2. The number of aromatic nitrogens is 7. The highest BCUT2D eigenvalue weighted by molar-refractivity contribution is 14.1. The zero-order valence-electron chi connectivity index (χ0n) is 22.1. The van der Waals surface area contributed by atoms with Crippen LogP contribution in [0, 0.1) is 10.6 Å². The number of aryl methyl sites for hydroxylation is 1. The maximum absolute atomic E-state index is 5.84. The van der Waals surface area contributed by atoms with E-state index in [0.717, 1.165) is 77.4 Å². The maximum atomic E-state index is 5.84. The van der Waals surface area contributed by atoms with E-state index in [9.17, 15) is 0 Å². The molecule has 3 aromatic heterocycles. The molecule has 0 spiro atoms. The molecule has 5 aromatic rings. The summed E-state index contributed by atoms with van der Waals surface area (Å²) in [5.74, 6) is 5.21. The van der Waals surface area contributed by atoms with Crippen molar-refractivity contribution < 1.29 is 9.47 Å². The van der Waals surface area contributed by atoms with Gasteiger partial charge in [-0.05, 0) is 79.8 Å². The van der Waals surface area contributed by atoms with Crippen LogP contribution in [0.25, 0.3) is 34.3 Å². The van der Waals surface area contributed by atoms with E-state index >= 15 is 0 Å². The first-order valence-corrected chi connectivity index (χ1v) is 15.5. The molecule has 0 atom stereocenters. The third kappa shape index (κ3) is 5.45. The number of hydrogen-bond acceptors (Lipinski definition) is 6. The molecule has 2 aliphatic rings. The molecule has 9 nitrogen and oxygen atoms in total. The number of imidazole rings is 2. The molecule has 0 aliphatic carbocycles. The van der Waals surface area contributed by atoms with Gasteiger partial charge < -0.3 is 18.6 Å². The van der Waals surface area contributed by atoms with Crippen LogP contribution in [0.15, 0.2) is 57.7 Å². The Labute approximate surface area is 262 Å². The zero-order valence-corrected chi connectivity index (χ0v) is 27.4. The van der Waals surface area contributed by atoms with Gasteiger partial charge in [-0.3, -0.25) is 0 Å². The molecule has 2 aromatic carbocycles. The predicted molar refractivity (Wildman–Crippen MR) is 169 cm³/mol. The minimum absolute atomic E-state index is 0.229. The van der Waals surface area contributed by atoms with Gasteiger partial charge in [0, 0.05) is 27.4 Å². The van der Waals surface area contributed by atoms with E-state index in [0.29, 0.717) is 13.2 Å². The topological polar surface area (TPSA) is 84.8 Å². The Balaban J connectivity index is 0.000000157. The van der Waals surface area contributed by atoms with Crippen molar-refractivity contribution in [2.75, 3.05) is 13.2 Å². The molecule has 0 bridgehead atoms. The maximum Gasteiger partial charge on any atom is 0.178 e. The van der Waals surface area contributed by atoms with E-state index in [1.807, 2.05) is 48.1 Å². The summed E-state index contributed by atoms with van der Waals surface area (Å²) in [6.07, 6.45) is 4.09. The molecule has 206 valence electrons. The van der Waals surface area contributed by atoms with Crippen LogP contribution in [-0.2, 0) is 13.1 Å². The lowest BCUT2D eigenvalue weighted by molar-refractivity contribution is 0.306. The van der Waals surface area contributed by atoms with Crippen LogP contribution in [0.3, 0.4) is 0 Å². The fourth-order valence-corrected chi connectivity index (χ4v) is 6.04. The van der Waals surface area contributed by atoms with Crippen molar-refractivity contribution in [3.8, 4) is 45.8 Å². The number of ether oxygens (including phenoxy) is 2. The van der Waals surface area contributed by atoms with Gasteiger partial charge in [-0.15, -0.1) is 0 Å². The van der Waals surface area contributed by atoms with Crippen LogP contribution >= 0.6 is 54.5 Å². The van der Waals surface area contributed by atoms with Gasteiger partial charge in [0.2, 0.25) is 0 Å². The van der Waals surface area contributed by atoms with Crippen LogP contribution in [0.5, 0.6) is 11.5 Å². The molecule has 0 saturated carbocycles. The normalized spacial score (nSPS) is 13.5. The average molecular weight is 779 g/mol. The highest BCUT2D eigenvalue weighted by atomic mass is 127. The predicted octanol–water partition coefficient (Wildman–Crippen LogP) is 7.16. The summed E-state index contributed by atoms with van der Waals surface area (Å²) in [5, 5.41) is 4.49. The second-order valence-corrected chi connectivity index (χ2v) is 12.7. The highest BCUT2D eigenvalue weighted by Gasteiger charge is 2.22. The Morgan fingerprint density at radius 3 is 1.98 bits per heavy atom. The second-order valence-electron chi connectivity index (χ2n) is 9.72. The van der Waals surface area contributed by atoms with Crippen molar-refractivity contribution in [1.82, 2.24) is 33.9 Å². The van der Waals surface area contributed by atoms with Gasteiger partial charge in [0.05, 0.1) is 24.2 Å². The third-order valence-electron chi connectivity index (χ3n) is 6.52. The molecule has 0 fully saturated rings. The molecule has 0 unspecified atom stereocenters. The first kappa shape index (κ1) is 27.5. The largest absolute Gasteiger partial charge is 0.491 e. The summed E-state index contributed by atoms with van der Waals surface area (Å²) in [7, 11) is 0. The quantitative estimate of drug-likeness (QED) is 0.177. The summed E-state index contributed by atoms with van der Waals surface area (Å²) in [6, 6.07) is 12.3. The van der Waals surface area contributed by atoms with Crippen LogP contribution in [0.4, 0.5) is 0 Å². The molecule has 0 amide bonds. The van der Waals surface area contributed by atoms with Crippen molar-refractivity contribution in [3.05, 3.63) is 67.3 Å². The van der Waals surface area contributed by atoms with Gasteiger partial charge >= 0.3 is 0 Å². The van der Waals surface area contributed by atoms with E-state index in [1.54, 1.807) is 0 Å². The van der Waals surface area contributed by atoms with Gasteiger partial charge in [-0.1, -0.05) is 31.9 Å². The monoisotopic (exact) mass is 777 g/mol. The number of nitrogens with zero attached hydrogens (tertiary/aromatic N) is 7. The summed E-state index contributed by atoms with van der Waals surface area (Å²) in [6.45, 7) is 9.00. The summed E-state index contributed by atoms with van der Waals surface area (Å²) < 4.78 is 20.8. The van der Waals surface area contributed by atoms with Crippen molar-refractivity contribution in [2.24, 2.45) is 0 Å². The van der Waals surface area contributed by atoms with Crippen molar-refractivity contribution in [3.63, 3.8) is 0 Å². The van der Waals surface area contributed by atoms with Crippen LogP contribution in [-0.4, -0.2) is 47.1 Å². The minimum atomic E-state index is 0.229. The molecule has 7 rings (SSSR count). The van der Waals surface area contributed by atoms with Gasteiger partial charge in [-0.25, -0.2) is 19.6 Å². The lowest BCUT2D eigenvalue weighted by Gasteiger charge is -2.07. The number of hydrogen-bond donors (Lipinski definition) is 0. The molecular weight excluding hydrogens is 753 g/mol. The lowest BCUT2D eigenvalue weighted by Crippen LogP contribution is -2.06. The molecule has 0 N–H and O–H groups in total. The number of benzene rings is 2. The fourth-order valence-electron chi connectivity index (χ4n) is 4.76. The molecule has 0 radical (unpaired) electrons. The first-order valence-electron chi connectivity index (χ1n) is 12.9. The Morgan fingerprint density at radius 1 is 0.800 bits per heavy atom. The Hall–Kier alpha value is -2.71. The van der Waals surface area contributed by atoms with E-state index in [2.05, 4.69) is 105 Å².